The topological polar surface area (TPSA) is 131 Å². The van der Waals surface area contributed by atoms with Crippen LogP contribution in [0.1, 0.15) is 58.8 Å². The van der Waals surface area contributed by atoms with Gasteiger partial charge in [-0.05, 0) is 73.2 Å². The highest BCUT2D eigenvalue weighted by molar-refractivity contribution is 5.14. The van der Waals surface area contributed by atoms with Crippen molar-refractivity contribution in [2.45, 2.75) is 64.9 Å². The summed E-state index contributed by atoms with van der Waals surface area (Å²) in [7, 11) is 0. The number of nitrogens with two attached hydrogens (primary N) is 1. The van der Waals surface area contributed by atoms with E-state index in [0.29, 0.717) is 12.5 Å². The molecule has 0 aromatic rings. The molecule has 0 saturated heterocycles. The van der Waals surface area contributed by atoms with E-state index in [9.17, 15) is 20.2 Å². The third kappa shape index (κ3) is 3.21. The van der Waals surface area contributed by atoms with Crippen molar-refractivity contribution in [1.29, 1.82) is 0 Å². The molecule has 0 spiro atoms. The first kappa shape index (κ1) is 19.1. The summed E-state index contributed by atoms with van der Waals surface area (Å²) >= 11 is 0. The SMILES string of the molecule is CCC12CC3CC(CN)(C1)CC(C(C)C(CO[N+](=O)[O-])O[N+](=O)[O-])(C3)C2. The van der Waals surface area contributed by atoms with Gasteiger partial charge in [0.2, 0.25) is 0 Å². The Labute approximate surface area is 152 Å². The maximum absolute atomic E-state index is 11.0. The zero-order valence-electron chi connectivity index (χ0n) is 15.5. The van der Waals surface area contributed by atoms with Crippen LogP contribution >= 0.6 is 0 Å². The van der Waals surface area contributed by atoms with Crippen LogP contribution < -0.4 is 5.73 Å². The minimum absolute atomic E-state index is 0.0901. The highest BCUT2D eigenvalue weighted by atomic mass is 17.0. The highest BCUT2D eigenvalue weighted by Gasteiger charge is 2.64. The Hall–Kier alpha value is -1.64. The van der Waals surface area contributed by atoms with Crippen molar-refractivity contribution < 1.29 is 19.8 Å². The summed E-state index contributed by atoms with van der Waals surface area (Å²) in [4.78, 5) is 30.9. The third-order valence-electron chi connectivity index (χ3n) is 7.61. The van der Waals surface area contributed by atoms with Crippen LogP contribution in [-0.4, -0.2) is 29.4 Å². The zero-order valence-corrected chi connectivity index (χ0v) is 15.5. The summed E-state index contributed by atoms with van der Waals surface area (Å²) in [5, 5.41) is 19.8. The van der Waals surface area contributed by atoms with Crippen molar-refractivity contribution in [3.05, 3.63) is 20.2 Å². The Morgan fingerprint density at radius 3 is 2.35 bits per heavy atom. The Balaban J connectivity index is 1.89. The molecule has 26 heavy (non-hydrogen) atoms. The average Bonchev–Trinajstić information content (AvgIpc) is 2.56. The maximum Gasteiger partial charge on any atom is 0.294 e. The second-order valence-electron chi connectivity index (χ2n) is 9.10. The van der Waals surface area contributed by atoms with E-state index in [1.807, 2.05) is 6.92 Å². The van der Waals surface area contributed by atoms with Gasteiger partial charge in [0.15, 0.2) is 0 Å². The Bertz CT molecular complexity index is 565. The Kier molecular flexibility index (Phi) is 4.79. The van der Waals surface area contributed by atoms with Crippen LogP contribution in [0.2, 0.25) is 0 Å². The second-order valence-corrected chi connectivity index (χ2v) is 9.10. The van der Waals surface area contributed by atoms with Gasteiger partial charge in [-0.15, -0.1) is 20.2 Å². The van der Waals surface area contributed by atoms with E-state index in [0.717, 1.165) is 38.5 Å². The summed E-state index contributed by atoms with van der Waals surface area (Å²) < 4.78 is 0. The molecule has 6 unspecified atom stereocenters. The van der Waals surface area contributed by atoms with Crippen LogP contribution in [0.5, 0.6) is 0 Å². The average molecular weight is 371 g/mol. The van der Waals surface area contributed by atoms with Gasteiger partial charge in [0, 0.05) is 0 Å². The maximum atomic E-state index is 11.0. The quantitative estimate of drug-likeness (QED) is 0.487. The molecule has 4 aliphatic carbocycles. The molecule has 2 N–H and O–H groups in total. The minimum Gasteiger partial charge on any atom is -0.330 e. The predicted molar refractivity (Wildman–Crippen MR) is 91.8 cm³/mol. The summed E-state index contributed by atoms with van der Waals surface area (Å²) in [6, 6.07) is 0. The van der Waals surface area contributed by atoms with Gasteiger partial charge in [-0.2, -0.15) is 0 Å². The monoisotopic (exact) mass is 371 g/mol. The fourth-order valence-electron chi connectivity index (χ4n) is 6.96. The first-order valence-electron chi connectivity index (χ1n) is 9.46. The molecule has 0 heterocycles. The first-order chi connectivity index (χ1) is 12.2. The molecule has 4 rings (SSSR count). The van der Waals surface area contributed by atoms with Gasteiger partial charge in [0.1, 0.15) is 12.7 Å². The molecule has 9 heteroatoms. The molecule has 0 aromatic heterocycles. The summed E-state index contributed by atoms with van der Waals surface area (Å²) in [6.45, 7) is 4.36. The van der Waals surface area contributed by atoms with E-state index in [1.54, 1.807) is 0 Å². The molecule has 9 nitrogen and oxygen atoms in total. The van der Waals surface area contributed by atoms with Crippen LogP contribution in [0.4, 0.5) is 0 Å². The third-order valence-corrected chi connectivity index (χ3v) is 7.61. The van der Waals surface area contributed by atoms with Crippen LogP contribution in [0.15, 0.2) is 0 Å². The number of rotatable bonds is 9. The molecule has 148 valence electrons. The van der Waals surface area contributed by atoms with Crippen LogP contribution in [-0.2, 0) is 9.68 Å². The molecule has 0 aromatic carbocycles. The molecular weight excluding hydrogens is 342 g/mol. The normalized spacial score (nSPS) is 40.0. The van der Waals surface area contributed by atoms with Crippen molar-refractivity contribution in [3.63, 3.8) is 0 Å². The Morgan fingerprint density at radius 1 is 1.12 bits per heavy atom. The van der Waals surface area contributed by atoms with Crippen LogP contribution in [0.3, 0.4) is 0 Å². The van der Waals surface area contributed by atoms with Crippen LogP contribution in [0.25, 0.3) is 0 Å². The molecule has 4 fully saturated rings. The van der Waals surface area contributed by atoms with Gasteiger partial charge in [-0.1, -0.05) is 20.3 Å². The van der Waals surface area contributed by atoms with Gasteiger partial charge in [0.05, 0.1) is 0 Å². The van der Waals surface area contributed by atoms with E-state index in [2.05, 4.69) is 11.8 Å². The van der Waals surface area contributed by atoms with Gasteiger partial charge in [-0.25, -0.2) is 0 Å². The van der Waals surface area contributed by atoms with Gasteiger partial charge in [0.25, 0.3) is 10.2 Å². The smallest absolute Gasteiger partial charge is 0.294 e. The molecule has 4 bridgehead atoms. The van der Waals surface area contributed by atoms with Crippen molar-refractivity contribution in [2.75, 3.05) is 13.2 Å². The largest absolute Gasteiger partial charge is 0.330 e. The van der Waals surface area contributed by atoms with Crippen molar-refractivity contribution in [1.82, 2.24) is 0 Å². The van der Waals surface area contributed by atoms with Gasteiger partial charge in [-0.3, -0.25) is 0 Å². The van der Waals surface area contributed by atoms with E-state index in [1.165, 1.54) is 6.42 Å². The number of hydrogen-bond donors (Lipinski definition) is 1. The Morgan fingerprint density at radius 2 is 1.77 bits per heavy atom. The lowest BCUT2D eigenvalue weighted by Crippen LogP contribution is -2.62. The van der Waals surface area contributed by atoms with E-state index < -0.39 is 22.9 Å². The molecule has 4 aliphatic rings. The first-order valence-corrected chi connectivity index (χ1v) is 9.46. The standard InChI is InChI=1S/C17H29N3O6/c1-3-15-4-13-5-16(8-15,11-18)10-17(6-13,9-15)12(2)14(26-20(23)24)7-25-19(21)22/h12-14H,3-11,18H2,1-2H3. The van der Waals surface area contributed by atoms with Crippen LogP contribution in [0, 0.1) is 48.3 Å². The summed E-state index contributed by atoms with van der Waals surface area (Å²) in [5.41, 5.74) is 6.39. The van der Waals surface area contributed by atoms with Gasteiger partial charge >= 0.3 is 0 Å². The zero-order chi connectivity index (χ0) is 19.2. The lowest BCUT2D eigenvalue weighted by molar-refractivity contribution is -0.792. The lowest BCUT2D eigenvalue weighted by atomic mass is 9.37. The molecule has 4 saturated carbocycles. The van der Waals surface area contributed by atoms with Crippen molar-refractivity contribution in [3.8, 4) is 0 Å². The molecule has 0 radical (unpaired) electrons. The minimum atomic E-state index is -0.949. The molecule has 6 atom stereocenters. The highest BCUT2D eigenvalue weighted by Crippen LogP contribution is 2.72. The van der Waals surface area contributed by atoms with E-state index in [4.69, 9.17) is 10.6 Å². The van der Waals surface area contributed by atoms with E-state index in [-0.39, 0.29) is 22.2 Å². The molecule has 0 aliphatic heterocycles. The van der Waals surface area contributed by atoms with E-state index >= 15 is 0 Å². The molecular formula is C17H29N3O6. The number of nitrogens with zero attached hydrogens (tertiary/aromatic N) is 2. The number of hydrogen-bond acceptors (Lipinski definition) is 7. The predicted octanol–water partition coefficient (Wildman–Crippen LogP) is 2.73. The fourth-order valence-corrected chi connectivity index (χ4v) is 6.96. The molecule has 0 amide bonds. The van der Waals surface area contributed by atoms with Crippen molar-refractivity contribution in [2.24, 2.45) is 33.8 Å². The van der Waals surface area contributed by atoms with Gasteiger partial charge < -0.3 is 15.4 Å². The fraction of sp³-hybridized carbons (Fsp3) is 1.00. The second kappa shape index (κ2) is 6.51. The lowest BCUT2D eigenvalue weighted by Gasteiger charge is -2.68. The van der Waals surface area contributed by atoms with Crippen molar-refractivity contribution >= 4 is 0 Å². The summed E-state index contributed by atoms with van der Waals surface area (Å²) in [6.07, 6.45) is 6.50. The summed E-state index contributed by atoms with van der Waals surface area (Å²) in [5.74, 6) is 0.359.